The molecule has 1 aliphatic heterocycles. The van der Waals surface area contributed by atoms with Gasteiger partial charge in [0.1, 0.15) is 6.04 Å². The summed E-state index contributed by atoms with van der Waals surface area (Å²) in [6, 6.07) is 4.29. The molecule has 1 heterocycles. The second kappa shape index (κ2) is 5.76. The number of nitrogens with zero attached hydrogens (tertiary/aromatic N) is 1. The van der Waals surface area contributed by atoms with Crippen LogP contribution in [-0.2, 0) is 4.79 Å². The van der Waals surface area contributed by atoms with Crippen LogP contribution in [0.2, 0.25) is 0 Å². The van der Waals surface area contributed by atoms with Gasteiger partial charge in [0, 0.05) is 21.0 Å². The van der Waals surface area contributed by atoms with E-state index in [1.807, 2.05) is 28.7 Å². The number of β-amino-alcohol motifs (C(OH)–C–C–N with tert-alkyl or cyclic N) is 1. The van der Waals surface area contributed by atoms with Gasteiger partial charge < -0.3 is 15.1 Å². The van der Waals surface area contributed by atoms with E-state index in [-0.39, 0.29) is 18.9 Å². The number of halogens is 2. The van der Waals surface area contributed by atoms with Crippen molar-refractivity contribution in [2.45, 2.75) is 18.6 Å². The average Bonchev–Trinajstić information content (AvgIpc) is 2.74. The van der Waals surface area contributed by atoms with Gasteiger partial charge in [-0.05, 0) is 40.8 Å². The van der Waals surface area contributed by atoms with Crippen LogP contribution in [0.3, 0.4) is 0 Å². The van der Waals surface area contributed by atoms with Gasteiger partial charge in [0.2, 0.25) is 0 Å². The summed E-state index contributed by atoms with van der Waals surface area (Å²) in [7, 11) is 0. The molecule has 1 fully saturated rings. The minimum atomic E-state index is -1.09. The van der Waals surface area contributed by atoms with Gasteiger partial charge >= 0.3 is 5.97 Å². The van der Waals surface area contributed by atoms with Gasteiger partial charge in [0.05, 0.1) is 11.7 Å². The second-order valence-electron chi connectivity index (χ2n) is 4.33. The number of benzene rings is 1. The summed E-state index contributed by atoms with van der Waals surface area (Å²) < 4.78 is 1.50. The van der Waals surface area contributed by atoms with Crippen molar-refractivity contribution in [1.82, 2.24) is 4.90 Å². The molecule has 1 saturated heterocycles. The summed E-state index contributed by atoms with van der Waals surface area (Å²) in [5, 5.41) is 18.7. The van der Waals surface area contributed by atoms with Gasteiger partial charge in [-0.2, -0.15) is 0 Å². The first-order valence-corrected chi connectivity index (χ1v) is 7.44. The Balaban J connectivity index is 2.33. The molecule has 0 aromatic heterocycles. The first-order valence-electron chi connectivity index (χ1n) is 5.57. The first-order chi connectivity index (χ1) is 8.90. The number of amides is 1. The maximum atomic E-state index is 12.4. The maximum Gasteiger partial charge on any atom is 0.326 e. The fourth-order valence-corrected chi connectivity index (χ4v) is 3.02. The third kappa shape index (κ3) is 3.09. The standard InChI is InChI=1S/C12H11BrINO4/c13-6-1-2-9(14)8(3-6)11(17)15-5-7(16)4-10(15)12(18)19/h1-3,7,10,16H,4-5H2,(H,18,19). The average molecular weight is 440 g/mol. The highest BCUT2D eigenvalue weighted by Crippen LogP contribution is 2.25. The van der Waals surface area contributed by atoms with Crippen molar-refractivity contribution in [3.05, 3.63) is 31.8 Å². The van der Waals surface area contributed by atoms with Crippen LogP contribution in [0.15, 0.2) is 22.7 Å². The summed E-state index contributed by atoms with van der Waals surface area (Å²) in [6.45, 7) is 0.0540. The number of carbonyl (C=O) groups excluding carboxylic acids is 1. The third-order valence-electron chi connectivity index (χ3n) is 2.98. The number of rotatable bonds is 2. The SMILES string of the molecule is O=C(O)C1CC(O)CN1C(=O)c1cc(Br)ccc1I. The van der Waals surface area contributed by atoms with E-state index in [1.54, 1.807) is 12.1 Å². The van der Waals surface area contributed by atoms with Crippen LogP contribution >= 0.6 is 38.5 Å². The van der Waals surface area contributed by atoms with Crippen molar-refractivity contribution >= 4 is 50.4 Å². The zero-order chi connectivity index (χ0) is 14.2. The molecule has 0 bridgehead atoms. The Kier molecular flexibility index (Phi) is 4.46. The Morgan fingerprint density at radius 2 is 2.11 bits per heavy atom. The summed E-state index contributed by atoms with van der Waals surface area (Å²) in [4.78, 5) is 24.8. The van der Waals surface area contributed by atoms with E-state index in [0.717, 1.165) is 8.04 Å². The van der Waals surface area contributed by atoms with Crippen LogP contribution in [0.5, 0.6) is 0 Å². The Bertz CT molecular complexity index is 536. The lowest BCUT2D eigenvalue weighted by molar-refractivity contribution is -0.141. The van der Waals surface area contributed by atoms with Crippen molar-refractivity contribution in [1.29, 1.82) is 0 Å². The number of carboxylic acid groups (broad SMARTS) is 1. The van der Waals surface area contributed by atoms with Crippen LogP contribution in [0, 0.1) is 3.57 Å². The first kappa shape index (κ1) is 14.7. The van der Waals surface area contributed by atoms with Crippen LogP contribution in [-0.4, -0.2) is 45.7 Å². The molecule has 0 radical (unpaired) electrons. The van der Waals surface area contributed by atoms with Crippen molar-refractivity contribution < 1.29 is 19.8 Å². The lowest BCUT2D eigenvalue weighted by Crippen LogP contribution is -2.40. The predicted molar refractivity (Wildman–Crippen MR) is 79.9 cm³/mol. The van der Waals surface area contributed by atoms with E-state index in [1.165, 1.54) is 4.90 Å². The number of aliphatic hydroxyl groups excluding tert-OH is 1. The Morgan fingerprint density at radius 3 is 2.74 bits per heavy atom. The normalized spacial score (nSPS) is 22.6. The number of hydrogen-bond donors (Lipinski definition) is 2. The van der Waals surface area contributed by atoms with Crippen molar-refractivity contribution in [2.24, 2.45) is 0 Å². The molecule has 7 heteroatoms. The lowest BCUT2D eigenvalue weighted by Gasteiger charge is -2.21. The van der Waals surface area contributed by atoms with E-state index in [4.69, 9.17) is 5.11 Å². The van der Waals surface area contributed by atoms with E-state index in [0.29, 0.717) is 5.56 Å². The molecular formula is C12H11BrINO4. The van der Waals surface area contributed by atoms with Crippen molar-refractivity contribution in [3.8, 4) is 0 Å². The maximum absolute atomic E-state index is 12.4. The fourth-order valence-electron chi connectivity index (χ4n) is 2.09. The highest BCUT2D eigenvalue weighted by molar-refractivity contribution is 14.1. The highest BCUT2D eigenvalue weighted by Gasteiger charge is 2.39. The van der Waals surface area contributed by atoms with E-state index in [2.05, 4.69) is 15.9 Å². The van der Waals surface area contributed by atoms with E-state index in [9.17, 15) is 14.7 Å². The van der Waals surface area contributed by atoms with Crippen molar-refractivity contribution in [2.75, 3.05) is 6.54 Å². The molecule has 2 N–H and O–H groups in total. The zero-order valence-electron chi connectivity index (χ0n) is 9.72. The molecule has 1 aromatic rings. The van der Waals surface area contributed by atoms with Gasteiger partial charge in [-0.3, -0.25) is 4.79 Å². The van der Waals surface area contributed by atoms with Crippen LogP contribution in [0.1, 0.15) is 16.8 Å². The van der Waals surface area contributed by atoms with Crippen LogP contribution < -0.4 is 0 Å². The number of carbonyl (C=O) groups is 2. The largest absolute Gasteiger partial charge is 0.480 e. The molecule has 2 unspecified atom stereocenters. The molecule has 2 atom stereocenters. The third-order valence-corrected chi connectivity index (χ3v) is 4.42. The zero-order valence-corrected chi connectivity index (χ0v) is 13.5. The molecule has 2 rings (SSSR count). The number of hydrogen-bond acceptors (Lipinski definition) is 3. The van der Waals surface area contributed by atoms with Gasteiger partial charge in [-0.1, -0.05) is 15.9 Å². The summed E-state index contributed by atoms with van der Waals surface area (Å²) >= 11 is 5.32. The van der Waals surface area contributed by atoms with Crippen LogP contribution in [0.4, 0.5) is 0 Å². The van der Waals surface area contributed by atoms with Gasteiger partial charge in [0.25, 0.3) is 5.91 Å². The molecular weight excluding hydrogens is 429 g/mol. The monoisotopic (exact) mass is 439 g/mol. The molecule has 5 nitrogen and oxygen atoms in total. The molecule has 19 heavy (non-hydrogen) atoms. The smallest absolute Gasteiger partial charge is 0.326 e. The molecule has 0 aliphatic carbocycles. The molecule has 1 aliphatic rings. The number of likely N-dealkylation sites (tertiary alicyclic amines) is 1. The fraction of sp³-hybridized carbons (Fsp3) is 0.333. The van der Waals surface area contributed by atoms with E-state index < -0.39 is 18.1 Å². The predicted octanol–water partition coefficient (Wildman–Crippen LogP) is 1.71. The lowest BCUT2D eigenvalue weighted by atomic mass is 10.1. The topological polar surface area (TPSA) is 77.8 Å². The molecule has 102 valence electrons. The van der Waals surface area contributed by atoms with Gasteiger partial charge in [-0.15, -0.1) is 0 Å². The molecule has 0 saturated carbocycles. The summed E-state index contributed by atoms with van der Waals surface area (Å²) in [5.41, 5.74) is 0.440. The van der Waals surface area contributed by atoms with E-state index >= 15 is 0 Å². The highest BCUT2D eigenvalue weighted by atomic mass is 127. The van der Waals surface area contributed by atoms with Crippen molar-refractivity contribution in [3.63, 3.8) is 0 Å². The van der Waals surface area contributed by atoms with Gasteiger partial charge in [0.15, 0.2) is 0 Å². The number of aliphatic hydroxyl groups is 1. The quantitative estimate of drug-likeness (QED) is 0.688. The summed E-state index contributed by atoms with van der Waals surface area (Å²) in [6.07, 6.45) is -0.707. The number of carboxylic acids is 1. The molecule has 1 aromatic carbocycles. The number of aliphatic carboxylic acids is 1. The molecule has 0 spiro atoms. The Morgan fingerprint density at radius 1 is 1.42 bits per heavy atom. The Hall–Kier alpha value is -0.670. The second-order valence-corrected chi connectivity index (χ2v) is 6.40. The molecule has 1 amide bonds. The summed E-state index contributed by atoms with van der Waals surface area (Å²) in [5.74, 6) is -1.45. The Labute approximate surface area is 131 Å². The van der Waals surface area contributed by atoms with Crippen LogP contribution in [0.25, 0.3) is 0 Å². The minimum Gasteiger partial charge on any atom is -0.480 e. The minimum absolute atomic E-state index is 0.0540. The van der Waals surface area contributed by atoms with Gasteiger partial charge in [-0.25, -0.2) is 4.79 Å².